The zero-order valence-corrected chi connectivity index (χ0v) is 19.3. The van der Waals surface area contributed by atoms with Gasteiger partial charge in [-0.05, 0) is 49.3 Å². The number of amides is 1. The van der Waals surface area contributed by atoms with E-state index in [2.05, 4.69) is 58.4 Å². The largest absolute Gasteiger partial charge is 0.369 e. The Hall–Kier alpha value is -3.02. The molecule has 4 rings (SSSR count). The number of aromatic nitrogens is 1. The molecule has 170 valence electrons. The van der Waals surface area contributed by atoms with Crippen molar-refractivity contribution in [1.29, 1.82) is 0 Å². The van der Waals surface area contributed by atoms with Gasteiger partial charge in [-0.3, -0.25) is 4.79 Å². The molecular weight excluding hydrogens is 398 g/mol. The molecule has 0 unspecified atom stereocenters. The summed E-state index contributed by atoms with van der Waals surface area (Å²) in [5.74, 6) is 1.12. The molecule has 0 aliphatic carbocycles. The predicted molar refractivity (Wildman–Crippen MR) is 131 cm³/mol. The third kappa shape index (κ3) is 4.31. The highest BCUT2D eigenvalue weighted by molar-refractivity contribution is 5.86. The SMILES string of the molecule is C=C/C=C(\N=C(N)N1CCC2(CCCN(Cc3c[nH]c4ccccc34)C2=O)CC1)C(C)C. The van der Waals surface area contributed by atoms with E-state index < -0.39 is 0 Å². The molecule has 2 saturated heterocycles. The number of carbonyl (C=O) groups is 1. The molecule has 2 fully saturated rings. The van der Waals surface area contributed by atoms with Crippen molar-refractivity contribution < 1.29 is 4.79 Å². The molecule has 0 atom stereocenters. The number of aromatic amines is 1. The number of likely N-dealkylation sites (tertiary alicyclic amines) is 2. The minimum Gasteiger partial charge on any atom is -0.369 e. The summed E-state index contributed by atoms with van der Waals surface area (Å²) >= 11 is 0. The lowest BCUT2D eigenvalue weighted by molar-refractivity contribution is -0.150. The Kier molecular flexibility index (Phi) is 6.40. The van der Waals surface area contributed by atoms with Crippen LogP contribution in [0.1, 0.15) is 45.1 Å². The lowest BCUT2D eigenvalue weighted by atomic mass is 9.71. The molecule has 1 spiro atoms. The number of aliphatic imine (C=N–C) groups is 1. The molecule has 3 heterocycles. The van der Waals surface area contributed by atoms with E-state index in [0.29, 0.717) is 18.4 Å². The predicted octanol–water partition coefficient (Wildman–Crippen LogP) is 4.41. The maximum atomic E-state index is 13.6. The van der Waals surface area contributed by atoms with Crippen LogP contribution in [0.4, 0.5) is 0 Å². The number of nitrogens with two attached hydrogens (primary N) is 1. The first kappa shape index (κ1) is 22.2. The standard InChI is InChI=1S/C26H35N5O/c1-4-8-22(19(2)3)29-25(27)30-15-12-26(13-16-30)11-7-14-31(24(26)32)18-20-17-28-23-10-6-5-9-21(20)23/h4-6,8-10,17,19,28H,1,7,11-16,18H2,2-3H3,(H2,27,29)/b22-8-. The van der Waals surface area contributed by atoms with Crippen molar-refractivity contribution in [3.63, 3.8) is 0 Å². The zero-order chi connectivity index (χ0) is 22.7. The summed E-state index contributed by atoms with van der Waals surface area (Å²) in [6, 6.07) is 8.28. The van der Waals surface area contributed by atoms with Gasteiger partial charge in [-0.2, -0.15) is 0 Å². The van der Waals surface area contributed by atoms with Crippen molar-refractivity contribution in [2.45, 2.75) is 46.1 Å². The first-order chi connectivity index (χ1) is 15.4. The summed E-state index contributed by atoms with van der Waals surface area (Å²) < 4.78 is 0. The third-order valence-corrected chi connectivity index (χ3v) is 7.03. The van der Waals surface area contributed by atoms with E-state index in [1.54, 1.807) is 6.08 Å². The molecule has 0 bridgehead atoms. The summed E-state index contributed by atoms with van der Waals surface area (Å²) in [5, 5.41) is 1.20. The first-order valence-electron chi connectivity index (χ1n) is 11.7. The monoisotopic (exact) mass is 433 g/mol. The Labute approximate surface area is 190 Å². The maximum Gasteiger partial charge on any atom is 0.229 e. The molecule has 6 heteroatoms. The lowest BCUT2D eigenvalue weighted by Gasteiger charge is -2.46. The van der Waals surface area contributed by atoms with Crippen molar-refractivity contribution in [3.8, 4) is 0 Å². The Morgan fingerprint density at radius 3 is 2.72 bits per heavy atom. The molecule has 2 aromatic rings. The number of carbonyl (C=O) groups excluding carboxylic acids is 1. The first-order valence-corrected chi connectivity index (χ1v) is 11.7. The van der Waals surface area contributed by atoms with E-state index in [1.807, 2.05) is 18.3 Å². The Morgan fingerprint density at radius 1 is 1.25 bits per heavy atom. The molecule has 2 aliphatic rings. The van der Waals surface area contributed by atoms with Crippen LogP contribution in [-0.2, 0) is 11.3 Å². The number of benzene rings is 1. The molecule has 0 saturated carbocycles. The third-order valence-electron chi connectivity index (χ3n) is 7.03. The van der Waals surface area contributed by atoms with Crippen molar-refractivity contribution in [2.75, 3.05) is 19.6 Å². The molecular formula is C26H35N5O. The van der Waals surface area contributed by atoms with Gasteiger partial charge >= 0.3 is 0 Å². The van der Waals surface area contributed by atoms with Crippen molar-refractivity contribution in [1.82, 2.24) is 14.8 Å². The second-order valence-electron chi connectivity index (χ2n) is 9.41. The fourth-order valence-corrected chi connectivity index (χ4v) is 5.08. The van der Waals surface area contributed by atoms with Crippen LogP contribution in [0.2, 0.25) is 0 Å². The topological polar surface area (TPSA) is 77.7 Å². The number of nitrogens with one attached hydrogen (secondary N) is 1. The molecule has 1 amide bonds. The number of H-pyrrole nitrogens is 1. The van der Waals surface area contributed by atoms with E-state index in [-0.39, 0.29) is 11.3 Å². The van der Waals surface area contributed by atoms with Gasteiger partial charge in [0.25, 0.3) is 0 Å². The van der Waals surface area contributed by atoms with Crippen molar-refractivity contribution in [3.05, 3.63) is 60.5 Å². The van der Waals surface area contributed by atoms with Crippen LogP contribution in [-0.4, -0.2) is 46.3 Å². The second-order valence-corrected chi connectivity index (χ2v) is 9.41. The number of guanidine groups is 1. The Bertz CT molecular complexity index is 1040. The summed E-state index contributed by atoms with van der Waals surface area (Å²) in [4.78, 5) is 25.8. The average molecular weight is 434 g/mol. The summed E-state index contributed by atoms with van der Waals surface area (Å²) in [7, 11) is 0. The minimum atomic E-state index is -0.265. The van der Waals surface area contributed by atoms with Crippen molar-refractivity contribution >= 4 is 22.8 Å². The van der Waals surface area contributed by atoms with Crippen LogP contribution in [0.15, 0.2) is 59.9 Å². The highest BCUT2D eigenvalue weighted by Crippen LogP contribution is 2.41. The van der Waals surface area contributed by atoms with Gasteiger partial charge < -0.3 is 20.5 Å². The number of nitrogens with zero attached hydrogens (tertiary/aromatic N) is 3. The smallest absolute Gasteiger partial charge is 0.229 e. The van der Waals surface area contributed by atoms with E-state index in [0.717, 1.165) is 56.5 Å². The number of piperidine rings is 2. The van der Waals surface area contributed by atoms with E-state index in [1.165, 1.54) is 10.9 Å². The van der Waals surface area contributed by atoms with Gasteiger partial charge in [-0.1, -0.05) is 44.7 Å². The van der Waals surface area contributed by atoms with Gasteiger partial charge in [0.15, 0.2) is 5.96 Å². The van der Waals surface area contributed by atoms with Crippen LogP contribution < -0.4 is 5.73 Å². The second kappa shape index (κ2) is 9.23. The van der Waals surface area contributed by atoms with E-state index in [9.17, 15) is 4.79 Å². The summed E-state index contributed by atoms with van der Waals surface area (Å²) in [6.07, 6.45) is 9.38. The highest BCUT2D eigenvalue weighted by atomic mass is 16.2. The van der Waals surface area contributed by atoms with Crippen LogP contribution in [0.5, 0.6) is 0 Å². The number of para-hydroxylation sites is 1. The van der Waals surface area contributed by atoms with Crippen molar-refractivity contribution in [2.24, 2.45) is 22.1 Å². The van der Waals surface area contributed by atoms with Crippen LogP contribution in [0, 0.1) is 11.3 Å². The Morgan fingerprint density at radius 2 is 2.00 bits per heavy atom. The maximum absolute atomic E-state index is 13.6. The molecule has 0 radical (unpaired) electrons. The van der Waals surface area contributed by atoms with Gasteiger partial charge in [0.2, 0.25) is 5.91 Å². The fourth-order valence-electron chi connectivity index (χ4n) is 5.08. The highest BCUT2D eigenvalue weighted by Gasteiger charge is 2.45. The van der Waals surface area contributed by atoms with Gasteiger partial charge in [0, 0.05) is 49.0 Å². The molecule has 32 heavy (non-hydrogen) atoms. The Balaban J connectivity index is 1.44. The van der Waals surface area contributed by atoms with E-state index in [4.69, 9.17) is 5.73 Å². The summed E-state index contributed by atoms with van der Waals surface area (Å²) in [5.41, 5.74) is 9.32. The fraction of sp³-hybridized carbons (Fsp3) is 0.462. The number of allylic oxidation sites excluding steroid dienone is 3. The van der Waals surface area contributed by atoms with Gasteiger partial charge in [0.05, 0.1) is 5.41 Å². The molecule has 1 aromatic carbocycles. The van der Waals surface area contributed by atoms with Gasteiger partial charge in [-0.25, -0.2) is 4.99 Å². The normalized spacial score (nSPS) is 19.9. The lowest BCUT2D eigenvalue weighted by Crippen LogP contribution is -2.55. The van der Waals surface area contributed by atoms with Crippen LogP contribution >= 0.6 is 0 Å². The van der Waals surface area contributed by atoms with Crippen LogP contribution in [0.3, 0.4) is 0 Å². The molecule has 6 nitrogen and oxygen atoms in total. The zero-order valence-electron chi connectivity index (χ0n) is 19.3. The number of hydrogen-bond donors (Lipinski definition) is 2. The quantitative estimate of drug-likeness (QED) is 0.416. The summed E-state index contributed by atoms with van der Waals surface area (Å²) in [6.45, 7) is 11.0. The molecule has 3 N–H and O–H groups in total. The number of hydrogen-bond acceptors (Lipinski definition) is 2. The van der Waals surface area contributed by atoms with Gasteiger partial charge in [-0.15, -0.1) is 0 Å². The number of rotatable bonds is 5. The van der Waals surface area contributed by atoms with Gasteiger partial charge in [0.1, 0.15) is 0 Å². The molecule has 2 aliphatic heterocycles. The minimum absolute atomic E-state index is 0.265. The van der Waals surface area contributed by atoms with E-state index >= 15 is 0 Å². The molecule has 1 aromatic heterocycles. The number of fused-ring (bicyclic) bond motifs is 1. The van der Waals surface area contributed by atoms with Crippen LogP contribution in [0.25, 0.3) is 10.9 Å². The average Bonchev–Trinajstić information content (AvgIpc) is 3.20.